The Labute approximate surface area is 128 Å². The molecular formula is C16H18N4O2. The molecule has 6 heteroatoms. The lowest BCUT2D eigenvalue weighted by molar-refractivity contribution is -0.116. The molecule has 0 bridgehead atoms. The maximum atomic E-state index is 12.1. The number of carbonyl (C=O) groups is 2. The van der Waals surface area contributed by atoms with E-state index < -0.39 is 0 Å². The van der Waals surface area contributed by atoms with Crippen molar-refractivity contribution in [2.75, 3.05) is 17.2 Å². The Morgan fingerprint density at radius 2 is 1.86 bits per heavy atom. The van der Waals surface area contributed by atoms with Gasteiger partial charge in [0.1, 0.15) is 0 Å². The van der Waals surface area contributed by atoms with Crippen LogP contribution in [0.15, 0.2) is 42.7 Å². The zero-order valence-electron chi connectivity index (χ0n) is 12.3. The molecule has 1 aromatic carbocycles. The Hall–Kier alpha value is -2.73. The van der Waals surface area contributed by atoms with E-state index in [9.17, 15) is 9.59 Å². The van der Waals surface area contributed by atoms with Gasteiger partial charge in [0.2, 0.25) is 5.91 Å². The lowest BCUT2D eigenvalue weighted by Crippen LogP contribution is -2.17. The summed E-state index contributed by atoms with van der Waals surface area (Å²) in [5.41, 5.74) is 8.05. The van der Waals surface area contributed by atoms with E-state index >= 15 is 0 Å². The van der Waals surface area contributed by atoms with Gasteiger partial charge in [-0.3, -0.25) is 14.6 Å². The largest absolute Gasteiger partial charge is 0.330 e. The second-order valence-electron chi connectivity index (χ2n) is 4.81. The lowest BCUT2D eigenvalue weighted by atomic mass is 10.1. The number of pyridine rings is 1. The van der Waals surface area contributed by atoms with E-state index in [1.54, 1.807) is 36.7 Å². The third kappa shape index (κ3) is 4.13. The molecular weight excluding hydrogens is 280 g/mol. The average Bonchev–Trinajstić information content (AvgIpc) is 2.51. The van der Waals surface area contributed by atoms with Gasteiger partial charge in [-0.25, -0.2) is 0 Å². The first-order valence-electron chi connectivity index (χ1n) is 6.92. The van der Waals surface area contributed by atoms with E-state index in [4.69, 9.17) is 5.73 Å². The standard InChI is InChI=1S/C16H18N4O2/c1-11-2-3-13(10-14(11)20-15(21)4-7-17)19-16(22)12-5-8-18-9-6-12/h2-3,5-6,8-10H,4,7,17H2,1H3,(H,19,22)(H,20,21). The van der Waals surface area contributed by atoms with E-state index in [1.807, 2.05) is 13.0 Å². The van der Waals surface area contributed by atoms with Crippen LogP contribution >= 0.6 is 0 Å². The number of amides is 2. The molecule has 6 nitrogen and oxygen atoms in total. The number of carbonyl (C=O) groups excluding carboxylic acids is 2. The number of nitrogens with one attached hydrogen (secondary N) is 2. The highest BCUT2D eigenvalue weighted by molar-refractivity contribution is 6.04. The van der Waals surface area contributed by atoms with Crippen molar-refractivity contribution in [1.82, 2.24) is 4.98 Å². The van der Waals surface area contributed by atoms with Gasteiger partial charge in [-0.05, 0) is 36.8 Å². The molecule has 0 saturated heterocycles. The number of hydrogen-bond acceptors (Lipinski definition) is 4. The molecule has 1 heterocycles. The smallest absolute Gasteiger partial charge is 0.255 e. The number of benzene rings is 1. The summed E-state index contributed by atoms with van der Waals surface area (Å²) in [5.74, 6) is -0.381. The van der Waals surface area contributed by atoms with Gasteiger partial charge in [0, 0.05) is 42.3 Å². The first-order valence-corrected chi connectivity index (χ1v) is 6.92. The first-order chi connectivity index (χ1) is 10.6. The summed E-state index contributed by atoms with van der Waals surface area (Å²) in [6.07, 6.45) is 3.37. The number of hydrogen-bond donors (Lipinski definition) is 3. The third-order valence-corrected chi connectivity index (χ3v) is 3.08. The molecule has 0 aliphatic rings. The Morgan fingerprint density at radius 1 is 1.14 bits per heavy atom. The fourth-order valence-electron chi connectivity index (χ4n) is 1.88. The summed E-state index contributed by atoms with van der Waals surface area (Å²) in [6.45, 7) is 2.18. The Kier molecular flexibility index (Phi) is 5.21. The van der Waals surface area contributed by atoms with Crippen LogP contribution in [-0.4, -0.2) is 23.3 Å². The van der Waals surface area contributed by atoms with Crippen molar-refractivity contribution in [3.63, 3.8) is 0 Å². The molecule has 0 aliphatic heterocycles. The van der Waals surface area contributed by atoms with Crippen LogP contribution in [0.25, 0.3) is 0 Å². The van der Waals surface area contributed by atoms with Crippen molar-refractivity contribution in [2.24, 2.45) is 5.73 Å². The molecule has 114 valence electrons. The maximum absolute atomic E-state index is 12.1. The van der Waals surface area contributed by atoms with Crippen LogP contribution in [0.1, 0.15) is 22.3 Å². The zero-order valence-corrected chi connectivity index (χ0v) is 12.3. The van der Waals surface area contributed by atoms with Crippen LogP contribution < -0.4 is 16.4 Å². The van der Waals surface area contributed by atoms with Gasteiger partial charge in [-0.15, -0.1) is 0 Å². The molecule has 0 fully saturated rings. The van der Waals surface area contributed by atoms with E-state index in [0.717, 1.165) is 5.56 Å². The van der Waals surface area contributed by atoms with Crippen LogP contribution in [0.4, 0.5) is 11.4 Å². The minimum atomic E-state index is -0.231. The van der Waals surface area contributed by atoms with Crippen molar-refractivity contribution in [3.05, 3.63) is 53.9 Å². The summed E-state index contributed by atoms with van der Waals surface area (Å²) < 4.78 is 0. The quantitative estimate of drug-likeness (QED) is 0.785. The first kappa shape index (κ1) is 15.7. The number of anilines is 2. The molecule has 0 saturated carbocycles. The summed E-state index contributed by atoms with van der Waals surface area (Å²) in [5, 5.41) is 5.57. The Balaban J connectivity index is 2.12. The highest BCUT2D eigenvalue weighted by Gasteiger charge is 2.08. The van der Waals surface area contributed by atoms with E-state index in [1.165, 1.54) is 0 Å². The highest BCUT2D eigenvalue weighted by atomic mass is 16.2. The van der Waals surface area contributed by atoms with Gasteiger partial charge in [-0.2, -0.15) is 0 Å². The molecule has 22 heavy (non-hydrogen) atoms. The summed E-state index contributed by atoms with van der Waals surface area (Å²) in [7, 11) is 0. The van der Waals surface area contributed by atoms with Gasteiger partial charge in [0.05, 0.1) is 0 Å². The predicted octanol–water partition coefficient (Wildman–Crippen LogP) is 1.93. The molecule has 0 atom stereocenters. The Morgan fingerprint density at radius 3 is 2.55 bits per heavy atom. The predicted molar refractivity (Wildman–Crippen MR) is 85.7 cm³/mol. The second-order valence-corrected chi connectivity index (χ2v) is 4.81. The van der Waals surface area contributed by atoms with Gasteiger partial charge < -0.3 is 16.4 Å². The Bertz CT molecular complexity index is 671. The monoisotopic (exact) mass is 298 g/mol. The molecule has 0 radical (unpaired) electrons. The molecule has 2 rings (SSSR count). The second kappa shape index (κ2) is 7.33. The normalized spacial score (nSPS) is 10.1. The molecule has 2 aromatic rings. The van der Waals surface area contributed by atoms with E-state index in [2.05, 4.69) is 15.6 Å². The number of aryl methyl sites for hydroxylation is 1. The van der Waals surface area contributed by atoms with Crippen molar-refractivity contribution < 1.29 is 9.59 Å². The van der Waals surface area contributed by atoms with Crippen LogP contribution in [-0.2, 0) is 4.79 Å². The SMILES string of the molecule is Cc1ccc(NC(=O)c2ccncc2)cc1NC(=O)CCN. The minimum absolute atomic E-state index is 0.150. The molecule has 2 amide bonds. The molecule has 0 spiro atoms. The van der Waals surface area contributed by atoms with Gasteiger partial charge >= 0.3 is 0 Å². The van der Waals surface area contributed by atoms with E-state index in [-0.39, 0.29) is 18.2 Å². The number of nitrogens with zero attached hydrogens (tertiary/aromatic N) is 1. The summed E-state index contributed by atoms with van der Waals surface area (Å²) in [6, 6.07) is 8.61. The molecule has 1 aromatic heterocycles. The third-order valence-electron chi connectivity index (χ3n) is 3.08. The van der Waals surface area contributed by atoms with Crippen molar-refractivity contribution in [2.45, 2.75) is 13.3 Å². The van der Waals surface area contributed by atoms with Gasteiger partial charge in [0.25, 0.3) is 5.91 Å². The van der Waals surface area contributed by atoms with Crippen molar-refractivity contribution in [1.29, 1.82) is 0 Å². The number of aromatic nitrogens is 1. The molecule has 4 N–H and O–H groups in total. The number of rotatable bonds is 5. The van der Waals surface area contributed by atoms with Crippen molar-refractivity contribution >= 4 is 23.2 Å². The van der Waals surface area contributed by atoms with Gasteiger partial charge in [0.15, 0.2) is 0 Å². The van der Waals surface area contributed by atoms with Crippen molar-refractivity contribution in [3.8, 4) is 0 Å². The minimum Gasteiger partial charge on any atom is -0.330 e. The van der Waals surface area contributed by atoms with Crippen LogP contribution in [0, 0.1) is 6.92 Å². The zero-order chi connectivity index (χ0) is 15.9. The number of nitrogens with two attached hydrogens (primary N) is 1. The topological polar surface area (TPSA) is 97.1 Å². The van der Waals surface area contributed by atoms with Crippen LogP contribution in [0.5, 0.6) is 0 Å². The fourth-order valence-corrected chi connectivity index (χ4v) is 1.88. The summed E-state index contributed by atoms with van der Waals surface area (Å²) in [4.78, 5) is 27.6. The average molecular weight is 298 g/mol. The fraction of sp³-hybridized carbons (Fsp3) is 0.188. The highest BCUT2D eigenvalue weighted by Crippen LogP contribution is 2.21. The van der Waals surface area contributed by atoms with Gasteiger partial charge in [-0.1, -0.05) is 6.07 Å². The maximum Gasteiger partial charge on any atom is 0.255 e. The van der Waals surface area contributed by atoms with Crippen LogP contribution in [0.2, 0.25) is 0 Å². The molecule has 0 unspecified atom stereocenters. The van der Waals surface area contributed by atoms with E-state index in [0.29, 0.717) is 23.5 Å². The van der Waals surface area contributed by atoms with Crippen LogP contribution in [0.3, 0.4) is 0 Å². The summed E-state index contributed by atoms with van der Waals surface area (Å²) >= 11 is 0. The molecule has 0 aliphatic carbocycles. The lowest BCUT2D eigenvalue weighted by Gasteiger charge is -2.11.